The highest BCUT2D eigenvalue weighted by atomic mass is 16.5. The predicted octanol–water partition coefficient (Wildman–Crippen LogP) is 1.07. The van der Waals surface area contributed by atoms with E-state index >= 15 is 0 Å². The zero-order valence-electron chi connectivity index (χ0n) is 14.3. The molecule has 0 atom stereocenters. The second-order valence-electron chi connectivity index (χ2n) is 5.12. The number of hydrogen-bond acceptors (Lipinski definition) is 9. The van der Waals surface area contributed by atoms with Gasteiger partial charge in [-0.1, -0.05) is 0 Å². The van der Waals surface area contributed by atoms with Gasteiger partial charge in [0.1, 0.15) is 11.5 Å². The molecule has 1 aromatic carbocycles. The molecule has 1 heterocycles. The molecule has 2 rings (SSSR count). The monoisotopic (exact) mass is 333 g/mol. The molecule has 130 valence electrons. The van der Waals surface area contributed by atoms with Gasteiger partial charge in [0.2, 0.25) is 17.8 Å². The largest absolute Gasteiger partial charge is 0.497 e. The smallest absolute Gasteiger partial charge is 0.233 e. The van der Waals surface area contributed by atoms with Gasteiger partial charge in [-0.3, -0.25) is 0 Å². The number of nitrogens with two attached hydrogens (primary N) is 1. The minimum Gasteiger partial charge on any atom is -0.497 e. The van der Waals surface area contributed by atoms with Crippen LogP contribution in [0.1, 0.15) is 0 Å². The molecule has 0 unspecified atom stereocenters. The van der Waals surface area contributed by atoms with E-state index in [2.05, 4.69) is 25.6 Å². The molecule has 9 nitrogen and oxygen atoms in total. The van der Waals surface area contributed by atoms with Gasteiger partial charge < -0.3 is 30.7 Å². The molecule has 0 saturated carbocycles. The lowest BCUT2D eigenvalue weighted by atomic mass is 10.3. The van der Waals surface area contributed by atoms with E-state index in [1.165, 1.54) is 0 Å². The Morgan fingerprint density at radius 3 is 2.17 bits per heavy atom. The number of rotatable bonds is 8. The second-order valence-corrected chi connectivity index (χ2v) is 5.12. The Hall–Kier alpha value is -2.81. The lowest BCUT2D eigenvalue weighted by molar-refractivity contribution is 0.395. The van der Waals surface area contributed by atoms with Crippen LogP contribution < -0.4 is 30.7 Å². The third-order valence-corrected chi connectivity index (χ3v) is 3.06. The summed E-state index contributed by atoms with van der Waals surface area (Å²) in [5.41, 5.74) is 6.25. The lowest BCUT2D eigenvalue weighted by Gasteiger charge is -2.14. The summed E-state index contributed by atoms with van der Waals surface area (Å²) < 4.78 is 10.5. The van der Waals surface area contributed by atoms with E-state index in [9.17, 15) is 0 Å². The van der Waals surface area contributed by atoms with Gasteiger partial charge in [-0.05, 0) is 0 Å². The molecule has 4 N–H and O–H groups in total. The highest BCUT2D eigenvalue weighted by Gasteiger charge is 2.09. The molecule has 0 amide bonds. The normalized spacial score (nSPS) is 10.2. The van der Waals surface area contributed by atoms with Crippen molar-refractivity contribution >= 4 is 23.5 Å². The fraction of sp³-hybridized carbons (Fsp3) is 0.400. The summed E-state index contributed by atoms with van der Waals surface area (Å²) in [6.45, 7) is 1.06. The van der Waals surface area contributed by atoms with Crippen molar-refractivity contribution in [1.29, 1.82) is 0 Å². The number of aromatic nitrogens is 3. The van der Waals surface area contributed by atoms with Gasteiger partial charge in [0.15, 0.2) is 0 Å². The average molecular weight is 333 g/mol. The molecule has 1 aromatic heterocycles. The Kier molecular flexibility index (Phi) is 5.96. The van der Waals surface area contributed by atoms with Crippen LogP contribution in [-0.4, -0.2) is 56.4 Å². The molecule has 0 aliphatic heterocycles. The number of benzene rings is 1. The topological polar surface area (TPSA) is 110 Å². The van der Waals surface area contributed by atoms with Crippen LogP contribution in [0.25, 0.3) is 0 Å². The minimum absolute atomic E-state index is 0.406. The molecule has 9 heteroatoms. The maximum absolute atomic E-state index is 5.51. The van der Waals surface area contributed by atoms with Gasteiger partial charge in [0, 0.05) is 51.1 Å². The zero-order chi connectivity index (χ0) is 17.5. The van der Waals surface area contributed by atoms with Crippen molar-refractivity contribution in [3.63, 3.8) is 0 Å². The van der Waals surface area contributed by atoms with E-state index in [0.29, 0.717) is 42.4 Å². The molecule has 0 fully saturated rings. The first-order valence-electron chi connectivity index (χ1n) is 7.43. The van der Waals surface area contributed by atoms with E-state index in [1.807, 2.05) is 26.2 Å². The van der Waals surface area contributed by atoms with Crippen LogP contribution in [0.3, 0.4) is 0 Å². The number of nitrogens with one attached hydrogen (secondary N) is 2. The van der Waals surface area contributed by atoms with E-state index in [-0.39, 0.29) is 0 Å². The van der Waals surface area contributed by atoms with Crippen molar-refractivity contribution < 1.29 is 9.47 Å². The fourth-order valence-electron chi connectivity index (χ4n) is 1.89. The Morgan fingerprint density at radius 2 is 1.62 bits per heavy atom. The number of anilines is 4. The highest BCUT2D eigenvalue weighted by molar-refractivity contribution is 5.60. The first-order valence-corrected chi connectivity index (χ1v) is 7.43. The Labute approximate surface area is 141 Å². The molecule has 0 aliphatic rings. The summed E-state index contributed by atoms with van der Waals surface area (Å²) in [7, 11) is 6.92. The van der Waals surface area contributed by atoms with Crippen LogP contribution >= 0.6 is 0 Å². The van der Waals surface area contributed by atoms with E-state index < -0.39 is 0 Å². The number of methoxy groups -OCH3 is 2. The number of hydrogen-bond donors (Lipinski definition) is 3. The van der Waals surface area contributed by atoms with Crippen LogP contribution in [0.2, 0.25) is 0 Å². The van der Waals surface area contributed by atoms with Crippen molar-refractivity contribution in [2.45, 2.75) is 0 Å². The van der Waals surface area contributed by atoms with Crippen molar-refractivity contribution in [3.05, 3.63) is 18.2 Å². The molecular weight excluding hydrogens is 310 g/mol. The van der Waals surface area contributed by atoms with Crippen molar-refractivity contribution in [3.8, 4) is 11.5 Å². The van der Waals surface area contributed by atoms with Gasteiger partial charge in [0.25, 0.3) is 0 Å². The minimum atomic E-state index is 0.406. The number of ether oxygens (including phenoxy) is 2. The molecular formula is C15H23N7O2. The first kappa shape index (κ1) is 17.5. The lowest BCUT2D eigenvalue weighted by Crippen LogP contribution is -2.19. The molecule has 2 aromatic rings. The summed E-state index contributed by atoms with van der Waals surface area (Å²) in [6, 6.07) is 5.45. The summed E-state index contributed by atoms with van der Waals surface area (Å²) in [5, 5.41) is 6.20. The van der Waals surface area contributed by atoms with Gasteiger partial charge in [-0.25, -0.2) is 0 Å². The summed E-state index contributed by atoms with van der Waals surface area (Å²) in [5.74, 6) is 2.72. The van der Waals surface area contributed by atoms with Crippen LogP contribution in [0.4, 0.5) is 23.5 Å². The third-order valence-electron chi connectivity index (χ3n) is 3.06. The third kappa shape index (κ3) is 4.59. The highest BCUT2D eigenvalue weighted by Crippen LogP contribution is 2.27. The predicted molar refractivity (Wildman–Crippen MR) is 94.5 cm³/mol. The standard InChI is InChI=1S/C15H23N7O2/c1-22(2)15-20-13(17-6-5-16)19-14(21-15)18-10-7-11(23-3)9-12(8-10)24-4/h7-9H,5-6,16H2,1-4H3,(H2,17,18,19,20,21). The van der Waals surface area contributed by atoms with Crippen LogP contribution in [0, 0.1) is 0 Å². The summed E-state index contributed by atoms with van der Waals surface area (Å²) in [6.07, 6.45) is 0. The van der Waals surface area contributed by atoms with Gasteiger partial charge in [-0.15, -0.1) is 0 Å². The Morgan fingerprint density at radius 1 is 1.00 bits per heavy atom. The number of nitrogens with zero attached hydrogens (tertiary/aromatic N) is 4. The van der Waals surface area contributed by atoms with Crippen LogP contribution in [0.5, 0.6) is 11.5 Å². The first-order chi connectivity index (χ1) is 11.5. The maximum atomic E-state index is 5.51. The molecule has 24 heavy (non-hydrogen) atoms. The molecule has 0 aliphatic carbocycles. The summed E-state index contributed by atoms with van der Waals surface area (Å²) >= 11 is 0. The SMILES string of the molecule is COc1cc(Nc2nc(NCCN)nc(N(C)C)n2)cc(OC)c1. The Bertz CT molecular complexity index is 657. The summed E-state index contributed by atoms with van der Waals surface area (Å²) in [4.78, 5) is 14.9. The van der Waals surface area contributed by atoms with Gasteiger partial charge >= 0.3 is 0 Å². The fourth-order valence-corrected chi connectivity index (χ4v) is 1.89. The van der Waals surface area contributed by atoms with Gasteiger partial charge in [0.05, 0.1) is 14.2 Å². The van der Waals surface area contributed by atoms with E-state index in [1.54, 1.807) is 25.2 Å². The zero-order valence-corrected chi connectivity index (χ0v) is 14.3. The van der Waals surface area contributed by atoms with Crippen molar-refractivity contribution in [1.82, 2.24) is 15.0 Å². The van der Waals surface area contributed by atoms with Crippen molar-refractivity contribution in [2.75, 3.05) is 56.9 Å². The van der Waals surface area contributed by atoms with E-state index in [0.717, 1.165) is 5.69 Å². The van der Waals surface area contributed by atoms with Crippen LogP contribution in [0.15, 0.2) is 18.2 Å². The maximum Gasteiger partial charge on any atom is 0.233 e. The average Bonchev–Trinajstić information content (AvgIpc) is 2.59. The molecule has 0 bridgehead atoms. The second kappa shape index (κ2) is 8.16. The molecule has 0 radical (unpaired) electrons. The van der Waals surface area contributed by atoms with Crippen molar-refractivity contribution in [2.24, 2.45) is 5.73 Å². The molecule has 0 spiro atoms. The quantitative estimate of drug-likeness (QED) is 0.653. The molecule has 0 saturated heterocycles. The Balaban J connectivity index is 2.32. The van der Waals surface area contributed by atoms with Crippen LogP contribution in [-0.2, 0) is 0 Å². The van der Waals surface area contributed by atoms with Gasteiger partial charge in [-0.2, -0.15) is 15.0 Å². The van der Waals surface area contributed by atoms with E-state index in [4.69, 9.17) is 15.2 Å².